The lowest BCUT2D eigenvalue weighted by Crippen LogP contribution is -2.32. The summed E-state index contributed by atoms with van der Waals surface area (Å²) in [5.41, 5.74) is 3.45. The monoisotopic (exact) mass is 409 g/mol. The van der Waals surface area contributed by atoms with Gasteiger partial charge in [-0.2, -0.15) is 5.10 Å². The Bertz CT molecular complexity index is 895. The number of benzene rings is 2. The molecule has 1 N–H and O–H groups in total. The molecule has 0 spiro atoms. The summed E-state index contributed by atoms with van der Waals surface area (Å²) in [7, 11) is 1.99. The molecule has 1 aromatic heterocycles. The van der Waals surface area contributed by atoms with Crippen LogP contribution in [0.5, 0.6) is 11.5 Å². The minimum atomic E-state index is -0.555. The van der Waals surface area contributed by atoms with Gasteiger partial charge in [0, 0.05) is 25.5 Å². The van der Waals surface area contributed by atoms with Crippen LogP contribution in [0.1, 0.15) is 16.7 Å². The minimum Gasteiger partial charge on any atom is -0.492 e. The highest BCUT2D eigenvalue weighted by atomic mass is 16.5. The Balaban J connectivity index is 1.38. The second-order valence-corrected chi connectivity index (χ2v) is 7.69. The third-order valence-corrected chi connectivity index (χ3v) is 4.81. The predicted octanol–water partition coefficient (Wildman–Crippen LogP) is 3.45. The normalized spacial score (nSPS) is 12.2. The van der Waals surface area contributed by atoms with Gasteiger partial charge in [-0.25, -0.2) is 0 Å². The molecule has 6 nitrogen and oxygen atoms in total. The number of aromatic nitrogens is 2. The first-order chi connectivity index (χ1) is 14.5. The van der Waals surface area contributed by atoms with Gasteiger partial charge < -0.3 is 14.6 Å². The predicted molar refractivity (Wildman–Crippen MR) is 118 cm³/mol. The van der Waals surface area contributed by atoms with Crippen LogP contribution in [0.2, 0.25) is 0 Å². The van der Waals surface area contributed by atoms with E-state index in [2.05, 4.69) is 35.1 Å². The SMILES string of the molecule is Cc1ccc(OC[C@@H](O)CN(C)Cc2ccc(OCCn3cccn3)cc2)c(C)c1. The van der Waals surface area contributed by atoms with Crippen molar-refractivity contribution in [3.05, 3.63) is 77.6 Å². The molecule has 0 unspecified atom stereocenters. The molecule has 0 aliphatic heterocycles. The van der Waals surface area contributed by atoms with Crippen LogP contribution in [-0.2, 0) is 13.1 Å². The van der Waals surface area contributed by atoms with E-state index in [-0.39, 0.29) is 6.61 Å². The number of aliphatic hydroxyl groups excluding tert-OH is 1. The highest BCUT2D eigenvalue weighted by Gasteiger charge is 2.11. The Morgan fingerprint density at radius 1 is 1.10 bits per heavy atom. The molecular formula is C24H31N3O3. The third-order valence-electron chi connectivity index (χ3n) is 4.81. The standard InChI is InChI=1S/C24H31N3O3/c1-19-5-10-24(20(2)15-19)30-18-22(28)17-26(3)16-21-6-8-23(9-7-21)29-14-13-27-12-4-11-25-27/h4-12,15,22,28H,13-14,16-18H2,1-3H3/t22-/m0/s1. The Kier molecular flexibility index (Phi) is 7.88. The van der Waals surface area contributed by atoms with Crippen LogP contribution in [-0.4, -0.2) is 52.7 Å². The lowest BCUT2D eigenvalue weighted by atomic mass is 10.1. The Hall–Kier alpha value is -2.83. The molecule has 0 saturated carbocycles. The van der Waals surface area contributed by atoms with E-state index in [9.17, 15) is 5.11 Å². The molecule has 0 saturated heterocycles. The average molecular weight is 410 g/mol. The topological polar surface area (TPSA) is 59.8 Å². The van der Waals surface area contributed by atoms with Crippen molar-refractivity contribution in [2.75, 3.05) is 26.8 Å². The highest BCUT2D eigenvalue weighted by molar-refractivity contribution is 5.35. The van der Waals surface area contributed by atoms with Crippen LogP contribution >= 0.6 is 0 Å². The van der Waals surface area contributed by atoms with Crippen molar-refractivity contribution in [2.24, 2.45) is 0 Å². The minimum absolute atomic E-state index is 0.275. The summed E-state index contributed by atoms with van der Waals surface area (Å²) in [6.45, 7) is 6.93. The molecule has 30 heavy (non-hydrogen) atoms. The van der Waals surface area contributed by atoms with E-state index in [1.165, 1.54) is 11.1 Å². The van der Waals surface area contributed by atoms with E-state index in [0.29, 0.717) is 13.2 Å². The molecule has 1 heterocycles. The molecule has 0 aliphatic rings. The van der Waals surface area contributed by atoms with Crippen molar-refractivity contribution < 1.29 is 14.6 Å². The van der Waals surface area contributed by atoms with Gasteiger partial charge in [0.05, 0.1) is 6.54 Å². The van der Waals surface area contributed by atoms with Gasteiger partial charge in [-0.15, -0.1) is 0 Å². The van der Waals surface area contributed by atoms with Crippen molar-refractivity contribution in [1.82, 2.24) is 14.7 Å². The Morgan fingerprint density at radius 2 is 1.90 bits per heavy atom. The molecule has 0 aliphatic carbocycles. The molecule has 6 heteroatoms. The molecular weight excluding hydrogens is 378 g/mol. The van der Waals surface area contributed by atoms with Gasteiger partial charge >= 0.3 is 0 Å². The van der Waals surface area contributed by atoms with Crippen molar-refractivity contribution in [3.8, 4) is 11.5 Å². The van der Waals surface area contributed by atoms with Crippen molar-refractivity contribution in [2.45, 2.75) is 33.0 Å². The quantitative estimate of drug-likeness (QED) is 0.526. The molecule has 3 aromatic rings. The lowest BCUT2D eigenvalue weighted by Gasteiger charge is -2.21. The first kappa shape index (κ1) is 21.9. The van der Waals surface area contributed by atoms with Gasteiger partial charge in [-0.3, -0.25) is 9.58 Å². The summed E-state index contributed by atoms with van der Waals surface area (Å²) in [6, 6.07) is 16.0. The Morgan fingerprint density at radius 3 is 2.60 bits per heavy atom. The van der Waals surface area contributed by atoms with Crippen LogP contribution in [0.15, 0.2) is 60.9 Å². The van der Waals surface area contributed by atoms with Crippen LogP contribution in [0.25, 0.3) is 0 Å². The molecule has 0 radical (unpaired) electrons. The molecule has 1 atom stereocenters. The van der Waals surface area contributed by atoms with Gasteiger partial charge in [-0.1, -0.05) is 29.8 Å². The zero-order chi connectivity index (χ0) is 21.3. The maximum absolute atomic E-state index is 10.3. The first-order valence-corrected chi connectivity index (χ1v) is 10.3. The summed E-state index contributed by atoms with van der Waals surface area (Å²) < 4.78 is 13.4. The summed E-state index contributed by atoms with van der Waals surface area (Å²) in [4.78, 5) is 2.09. The molecule has 0 bridgehead atoms. The fourth-order valence-corrected chi connectivity index (χ4v) is 3.32. The van der Waals surface area contributed by atoms with Crippen molar-refractivity contribution in [3.63, 3.8) is 0 Å². The van der Waals surface area contributed by atoms with E-state index in [1.54, 1.807) is 6.20 Å². The lowest BCUT2D eigenvalue weighted by molar-refractivity contribution is 0.0741. The third kappa shape index (κ3) is 6.90. The summed E-state index contributed by atoms with van der Waals surface area (Å²) >= 11 is 0. The van der Waals surface area contributed by atoms with Gasteiger partial charge in [-0.05, 0) is 56.3 Å². The summed E-state index contributed by atoms with van der Waals surface area (Å²) in [6.07, 6.45) is 3.13. The smallest absolute Gasteiger partial charge is 0.122 e. The Labute approximate surface area is 178 Å². The van der Waals surface area contributed by atoms with Crippen LogP contribution < -0.4 is 9.47 Å². The number of aryl methyl sites for hydroxylation is 2. The maximum Gasteiger partial charge on any atom is 0.122 e. The van der Waals surface area contributed by atoms with E-state index in [0.717, 1.165) is 30.2 Å². The maximum atomic E-state index is 10.3. The largest absolute Gasteiger partial charge is 0.492 e. The molecule has 2 aromatic carbocycles. The summed E-state index contributed by atoms with van der Waals surface area (Å²) in [5.74, 6) is 1.67. The van der Waals surface area contributed by atoms with Crippen LogP contribution in [0, 0.1) is 13.8 Å². The van der Waals surface area contributed by atoms with Crippen molar-refractivity contribution in [1.29, 1.82) is 0 Å². The fourth-order valence-electron chi connectivity index (χ4n) is 3.32. The highest BCUT2D eigenvalue weighted by Crippen LogP contribution is 2.19. The number of aliphatic hydroxyl groups is 1. The number of hydrogen-bond donors (Lipinski definition) is 1. The van der Waals surface area contributed by atoms with E-state index < -0.39 is 6.10 Å². The zero-order valence-corrected chi connectivity index (χ0v) is 18.0. The summed E-state index contributed by atoms with van der Waals surface area (Å²) in [5, 5.41) is 14.5. The second-order valence-electron chi connectivity index (χ2n) is 7.69. The van der Waals surface area contributed by atoms with E-state index >= 15 is 0 Å². The number of nitrogens with zero attached hydrogens (tertiary/aromatic N) is 3. The van der Waals surface area contributed by atoms with Crippen molar-refractivity contribution >= 4 is 0 Å². The van der Waals surface area contributed by atoms with E-state index in [1.807, 2.05) is 55.2 Å². The first-order valence-electron chi connectivity index (χ1n) is 10.3. The van der Waals surface area contributed by atoms with Gasteiger partial charge in [0.25, 0.3) is 0 Å². The number of rotatable bonds is 11. The average Bonchev–Trinajstić information content (AvgIpc) is 3.22. The van der Waals surface area contributed by atoms with Gasteiger partial charge in [0.15, 0.2) is 0 Å². The zero-order valence-electron chi connectivity index (χ0n) is 18.0. The number of hydrogen-bond acceptors (Lipinski definition) is 5. The van der Waals surface area contributed by atoms with Gasteiger partial charge in [0.2, 0.25) is 0 Å². The number of likely N-dealkylation sites (N-methyl/N-ethyl adjacent to an activating group) is 1. The fraction of sp³-hybridized carbons (Fsp3) is 0.375. The second kappa shape index (κ2) is 10.8. The number of ether oxygens (including phenoxy) is 2. The van der Waals surface area contributed by atoms with E-state index in [4.69, 9.17) is 9.47 Å². The van der Waals surface area contributed by atoms with Crippen LogP contribution in [0.4, 0.5) is 0 Å². The molecule has 0 fully saturated rings. The molecule has 160 valence electrons. The molecule has 0 amide bonds. The molecule has 3 rings (SSSR count). The van der Waals surface area contributed by atoms with Crippen LogP contribution in [0.3, 0.4) is 0 Å². The van der Waals surface area contributed by atoms with Gasteiger partial charge in [0.1, 0.15) is 30.8 Å².